The molecule has 3 aromatic carbocycles. The molecule has 0 atom stereocenters. The summed E-state index contributed by atoms with van der Waals surface area (Å²) < 4.78 is 28.4. The molecule has 0 aliphatic rings. The van der Waals surface area contributed by atoms with Gasteiger partial charge in [0, 0.05) is 11.1 Å². The van der Waals surface area contributed by atoms with Crippen molar-refractivity contribution in [3.05, 3.63) is 96.1 Å². The Kier molecular flexibility index (Phi) is 4.09. The van der Waals surface area contributed by atoms with Gasteiger partial charge in [-0.05, 0) is 79.2 Å². The second-order valence-corrected chi connectivity index (χ2v) is 6.18. The van der Waals surface area contributed by atoms with E-state index in [1.807, 2.05) is 41.9 Å². The zero-order valence-electron chi connectivity index (χ0n) is 14.2. The topological polar surface area (TPSA) is 17.8 Å². The van der Waals surface area contributed by atoms with Crippen molar-refractivity contribution in [2.45, 2.75) is 6.92 Å². The lowest BCUT2D eigenvalue weighted by molar-refractivity contribution is 0.627. The Morgan fingerprint density at radius 1 is 0.731 bits per heavy atom. The summed E-state index contributed by atoms with van der Waals surface area (Å²) in [5.74, 6) is -0.570. The van der Waals surface area contributed by atoms with E-state index >= 15 is 0 Å². The van der Waals surface area contributed by atoms with Gasteiger partial charge in [0.2, 0.25) is 0 Å². The average Bonchev–Trinajstić information content (AvgIpc) is 3.08. The number of hydrogen-bond donors (Lipinski definition) is 0. The quantitative estimate of drug-likeness (QED) is 0.459. The van der Waals surface area contributed by atoms with E-state index in [-0.39, 0.29) is 11.6 Å². The van der Waals surface area contributed by atoms with Gasteiger partial charge in [-0.2, -0.15) is 5.10 Å². The summed E-state index contributed by atoms with van der Waals surface area (Å²) in [4.78, 5) is 0. The third-order valence-electron chi connectivity index (χ3n) is 4.24. The zero-order valence-corrected chi connectivity index (χ0v) is 14.2. The highest BCUT2D eigenvalue weighted by molar-refractivity contribution is 5.70. The van der Waals surface area contributed by atoms with E-state index in [1.54, 1.807) is 24.3 Å². The molecule has 128 valence electrons. The number of hydrogen-bond acceptors (Lipinski definition) is 1. The van der Waals surface area contributed by atoms with E-state index in [9.17, 15) is 8.78 Å². The third kappa shape index (κ3) is 3.14. The predicted octanol–water partition coefficient (Wildman–Crippen LogP) is 5.79. The molecule has 0 aliphatic carbocycles. The van der Waals surface area contributed by atoms with Crippen molar-refractivity contribution < 1.29 is 8.78 Å². The van der Waals surface area contributed by atoms with Crippen LogP contribution in [0.15, 0.2) is 78.9 Å². The summed E-state index contributed by atoms with van der Waals surface area (Å²) in [6.07, 6.45) is 0. The van der Waals surface area contributed by atoms with Crippen LogP contribution in [0.5, 0.6) is 0 Å². The lowest BCUT2D eigenvalue weighted by atomic mass is 10.1. The molecule has 1 heterocycles. The number of aryl methyl sites for hydroxylation is 1. The molecule has 0 spiro atoms. The Morgan fingerprint density at radius 3 is 1.96 bits per heavy atom. The molecule has 4 heteroatoms. The highest BCUT2D eigenvalue weighted by atomic mass is 19.1. The number of aromatic nitrogens is 2. The summed E-state index contributed by atoms with van der Waals surface area (Å²) in [6.45, 7) is 2.02. The van der Waals surface area contributed by atoms with Crippen molar-refractivity contribution in [2.24, 2.45) is 0 Å². The Hall–Kier alpha value is -3.27. The van der Waals surface area contributed by atoms with E-state index < -0.39 is 0 Å². The number of halogens is 2. The zero-order chi connectivity index (χ0) is 18.1. The van der Waals surface area contributed by atoms with Gasteiger partial charge < -0.3 is 0 Å². The highest BCUT2D eigenvalue weighted by Crippen LogP contribution is 2.29. The number of benzene rings is 3. The minimum absolute atomic E-state index is 0.283. The van der Waals surface area contributed by atoms with Crippen LogP contribution in [0.3, 0.4) is 0 Å². The molecule has 0 bridgehead atoms. The first-order valence-electron chi connectivity index (χ1n) is 8.29. The molecular weight excluding hydrogens is 330 g/mol. The van der Waals surface area contributed by atoms with Crippen LogP contribution in [-0.2, 0) is 0 Å². The van der Waals surface area contributed by atoms with Crippen molar-refractivity contribution in [3.8, 4) is 28.2 Å². The maximum atomic E-state index is 13.3. The first kappa shape index (κ1) is 16.2. The second kappa shape index (κ2) is 6.56. The first-order valence-corrected chi connectivity index (χ1v) is 8.29. The van der Waals surface area contributed by atoms with Crippen LogP contribution in [0, 0.1) is 18.6 Å². The van der Waals surface area contributed by atoms with Crippen molar-refractivity contribution in [2.75, 3.05) is 0 Å². The largest absolute Gasteiger partial charge is 0.232 e. The summed E-state index contributed by atoms with van der Waals surface area (Å²) >= 11 is 0. The first-order chi connectivity index (χ1) is 12.6. The molecule has 1 aromatic heterocycles. The number of nitrogens with zero attached hydrogens (tertiary/aromatic N) is 2. The molecule has 0 aliphatic heterocycles. The SMILES string of the molecule is Cc1cccc(-n2nc(-c3ccc(F)cc3)cc2-c2ccc(F)cc2)c1. The average molecular weight is 346 g/mol. The van der Waals surface area contributed by atoms with Crippen LogP contribution < -0.4 is 0 Å². The van der Waals surface area contributed by atoms with Crippen LogP contribution in [0.25, 0.3) is 28.2 Å². The van der Waals surface area contributed by atoms with Gasteiger partial charge in [-0.1, -0.05) is 12.1 Å². The molecule has 0 saturated heterocycles. The van der Waals surface area contributed by atoms with Gasteiger partial charge in [0.1, 0.15) is 11.6 Å². The molecule has 4 rings (SSSR count). The normalized spacial score (nSPS) is 10.9. The fourth-order valence-corrected chi connectivity index (χ4v) is 2.93. The standard InChI is InChI=1S/C22H16F2N2/c1-15-3-2-4-20(13-15)26-22(17-7-11-19(24)12-8-17)14-21(25-26)16-5-9-18(23)10-6-16/h2-14H,1H3. The van der Waals surface area contributed by atoms with Crippen molar-refractivity contribution >= 4 is 0 Å². The Labute approximate surface area is 150 Å². The van der Waals surface area contributed by atoms with Crippen molar-refractivity contribution in [1.29, 1.82) is 0 Å². The van der Waals surface area contributed by atoms with Crippen LogP contribution in [0.2, 0.25) is 0 Å². The molecule has 0 saturated carbocycles. The molecule has 0 fully saturated rings. The van der Waals surface area contributed by atoms with Gasteiger partial charge in [-0.15, -0.1) is 0 Å². The smallest absolute Gasteiger partial charge is 0.123 e. The van der Waals surface area contributed by atoms with Crippen LogP contribution in [-0.4, -0.2) is 9.78 Å². The van der Waals surface area contributed by atoms with E-state index in [0.29, 0.717) is 0 Å². The summed E-state index contributed by atoms with van der Waals surface area (Å²) in [5.41, 5.74) is 5.28. The van der Waals surface area contributed by atoms with E-state index in [2.05, 4.69) is 0 Å². The lowest BCUT2D eigenvalue weighted by Gasteiger charge is -2.08. The lowest BCUT2D eigenvalue weighted by Crippen LogP contribution is -1.99. The molecular formula is C22H16F2N2. The fraction of sp³-hybridized carbons (Fsp3) is 0.0455. The molecule has 26 heavy (non-hydrogen) atoms. The Balaban J connectivity index is 1.90. The van der Waals surface area contributed by atoms with Gasteiger partial charge in [0.05, 0.1) is 17.1 Å². The Morgan fingerprint density at radius 2 is 1.35 bits per heavy atom. The highest BCUT2D eigenvalue weighted by Gasteiger charge is 2.13. The number of rotatable bonds is 3. The molecule has 0 amide bonds. The fourth-order valence-electron chi connectivity index (χ4n) is 2.93. The third-order valence-corrected chi connectivity index (χ3v) is 4.24. The molecule has 0 N–H and O–H groups in total. The van der Waals surface area contributed by atoms with Gasteiger partial charge in [-0.3, -0.25) is 0 Å². The van der Waals surface area contributed by atoms with Crippen molar-refractivity contribution in [3.63, 3.8) is 0 Å². The van der Waals surface area contributed by atoms with Gasteiger partial charge in [0.25, 0.3) is 0 Å². The molecule has 0 unspecified atom stereocenters. The maximum absolute atomic E-state index is 13.3. The molecule has 0 radical (unpaired) electrons. The second-order valence-electron chi connectivity index (χ2n) is 6.18. The van der Waals surface area contributed by atoms with E-state index in [0.717, 1.165) is 33.8 Å². The summed E-state index contributed by atoms with van der Waals surface area (Å²) in [5, 5.41) is 4.72. The minimum Gasteiger partial charge on any atom is -0.232 e. The van der Waals surface area contributed by atoms with Crippen molar-refractivity contribution in [1.82, 2.24) is 9.78 Å². The van der Waals surface area contributed by atoms with Gasteiger partial charge in [-0.25, -0.2) is 13.5 Å². The Bertz CT molecular complexity index is 1050. The van der Waals surface area contributed by atoms with Gasteiger partial charge >= 0.3 is 0 Å². The van der Waals surface area contributed by atoms with E-state index in [4.69, 9.17) is 5.10 Å². The molecule has 4 aromatic rings. The van der Waals surface area contributed by atoms with Gasteiger partial charge in [0.15, 0.2) is 0 Å². The van der Waals surface area contributed by atoms with Crippen LogP contribution in [0.1, 0.15) is 5.56 Å². The summed E-state index contributed by atoms with van der Waals surface area (Å²) in [7, 11) is 0. The van der Waals surface area contributed by atoms with Crippen LogP contribution in [0.4, 0.5) is 8.78 Å². The molecule has 2 nitrogen and oxygen atoms in total. The van der Waals surface area contributed by atoms with E-state index in [1.165, 1.54) is 24.3 Å². The predicted molar refractivity (Wildman–Crippen MR) is 99.1 cm³/mol. The maximum Gasteiger partial charge on any atom is 0.123 e. The summed E-state index contributed by atoms with van der Waals surface area (Å²) in [6, 6.07) is 22.5. The monoisotopic (exact) mass is 346 g/mol. The van der Waals surface area contributed by atoms with Crippen LogP contribution >= 0.6 is 0 Å². The minimum atomic E-state index is -0.286.